The molecule has 4 aromatic rings. The van der Waals surface area contributed by atoms with Gasteiger partial charge in [0.1, 0.15) is 52.8 Å². The molecule has 1 aliphatic heterocycles. The van der Waals surface area contributed by atoms with Gasteiger partial charge >= 0.3 is 5.97 Å². The molecule has 5 rings (SSSR count). The second-order valence-electron chi connectivity index (χ2n) is 9.55. The van der Waals surface area contributed by atoms with Crippen molar-refractivity contribution in [3.8, 4) is 45.8 Å². The zero-order valence-electron chi connectivity index (χ0n) is 21.3. The Labute approximate surface area is 234 Å². The van der Waals surface area contributed by atoms with Crippen LogP contribution in [0.2, 0.25) is 0 Å². The summed E-state index contributed by atoms with van der Waals surface area (Å²) in [6.45, 7) is -0.839. The summed E-state index contributed by atoms with van der Waals surface area (Å²) in [4.78, 5) is 26.1. The fourth-order valence-corrected chi connectivity index (χ4v) is 4.73. The van der Waals surface area contributed by atoms with Crippen molar-refractivity contribution in [2.45, 2.75) is 30.5 Å². The van der Waals surface area contributed by atoms with Gasteiger partial charge in [0.15, 0.2) is 34.4 Å². The highest BCUT2D eigenvalue weighted by atomic mass is 16.6. The SMILES string of the molecule is O=C(OC1[C@@H](O)[C@H](O)C(CO)O[C@H]1c1c(O)cc(O)c2c(=O)cc(-c3ccc(O)cc3)oc12)c1cc(O)c(O)c(O)c1. The Hall–Kier alpha value is -5.02. The standard InChI is InChI=1S/C28H24O14/c29-9-19-23(37)24(38)27(42-28(39)11-5-16(34)22(36)17(35)6-11)26(41-19)21-14(32)7-13(31)20-15(33)8-18(40-25(20)21)10-1-3-12(30)4-2-10/h1-8,19,23-24,26-27,29-32,34-38H,9H2/t19?,23-,24+,26+,27?/m1/s1. The number of benzene rings is 3. The minimum atomic E-state index is -1.97. The lowest BCUT2D eigenvalue weighted by molar-refractivity contribution is -0.231. The molecule has 0 amide bonds. The van der Waals surface area contributed by atoms with Crippen LogP contribution >= 0.6 is 0 Å². The number of ether oxygens (including phenoxy) is 2. The van der Waals surface area contributed by atoms with Gasteiger partial charge in [0.2, 0.25) is 0 Å². The van der Waals surface area contributed by atoms with Gasteiger partial charge in [-0.25, -0.2) is 4.79 Å². The summed E-state index contributed by atoms with van der Waals surface area (Å²) in [7, 11) is 0. The normalized spacial score (nSPS) is 22.2. The lowest BCUT2D eigenvalue weighted by Gasteiger charge is -2.42. The molecule has 0 radical (unpaired) electrons. The van der Waals surface area contributed by atoms with Crippen molar-refractivity contribution in [2.24, 2.45) is 0 Å². The van der Waals surface area contributed by atoms with Gasteiger partial charge in [0, 0.05) is 17.7 Å². The highest BCUT2D eigenvalue weighted by Gasteiger charge is 2.49. The van der Waals surface area contributed by atoms with E-state index in [1.165, 1.54) is 24.3 Å². The third kappa shape index (κ3) is 4.88. The maximum absolute atomic E-state index is 13.1. The lowest BCUT2D eigenvalue weighted by atomic mass is 9.89. The van der Waals surface area contributed by atoms with Gasteiger partial charge in [0.05, 0.1) is 17.7 Å². The first-order chi connectivity index (χ1) is 19.9. The summed E-state index contributed by atoms with van der Waals surface area (Å²) in [5.74, 6) is -5.51. The summed E-state index contributed by atoms with van der Waals surface area (Å²) >= 11 is 0. The van der Waals surface area contributed by atoms with Crippen LogP contribution in [-0.4, -0.2) is 83.0 Å². The Morgan fingerprint density at radius 1 is 0.833 bits per heavy atom. The predicted molar refractivity (Wildman–Crippen MR) is 140 cm³/mol. The molecule has 9 N–H and O–H groups in total. The maximum atomic E-state index is 13.1. The molecule has 1 saturated heterocycles. The van der Waals surface area contributed by atoms with E-state index in [-0.39, 0.29) is 11.5 Å². The van der Waals surface area contributed by atoms with E-state index < -0.39 is 99.4 Å². The molecule has 220 valence electrons. The average molecular weight is 584 g/mol. The van der Waals surface area contributed by atoms with E-state index in [1.807, 2.05) is 0 Å². The molecule has 5 atom stereocenters. The fraction of sp³-hybridized carbons (Fsp3) is 0.214. The first-order valence-electron chi connectivity index (χ1n) is 12.3. The molecule has 0 spiro atoms. The molecule has 14 heteroatoms. The number of fused-ring (bicyclic) bond motifs is 1. The van der Waals surface area contributed by atoms with Crippen molar-refractivity contribution >= 4 is 16.9 Å². The highest BCUT2D eigenvalue weighted by molar-refractivity contribution is 5.92. The van der Waals surface area contributed by atoms with Gasteiger partial charge in [-0.1, -0.05) is 0 Å². The highest BCUT2D eigenvalue weighted by Crippen LogP contribution is 2.45. The van der Waals surface area contributed by atoms with Gasteiger partial charge in [-0.3, -0.25) is 4.79 Å². The minimum Gasteiger partial charge on any atom is -0.508 e. The molecule has 14 nitrogen and oxygen atoms in total. The van der Waals surface area contributed by atoms with E-state index in [2.05, 4.69) is 0 Å². The quantitative estimate of drug-likeness (QED) is 0.118. The fourth-order valence-electron chi connectivity index (χ4n) is 4.73. The Morgan fingerprint density at radius 3 is 2.10 bits per heavy atom. The van der Waals surface area contributed by atoms with Crippen LogP contribution in [-0.2, 0) is 9.47 Å². The lowest BCUT2D eigenvalue weighted by Crippen LogP contribution is -2.56. The van der Waals surface area contributed by atoms with Gasteiger partial charge in [0.25, 0.3) is 0 Å². The van der Waals surface area contributed by atoms with Gasteiger partial charge in [-0.15, -0.1) is 0 Å². The smallest absolute Gasteiger partial charge is 0.338 e. The third-order valence-corrected chi connectivity index (χ3v) is 6.85. The zero-order valence-corrected chi connectivity index (χ0v) is 21.3. The number of carbonyl (C=O) groups excluding carboxylic acids is 1. The molecule has 2 heterocycles. The van der Waals surface area contributed by atoms with Crippen LogP contribution in [0.4, 0.5) is 0 Å². The Balaban J connectivity index is 1.68. The van der Waals surface area contributed by atoms with Crippen molar-refractivity contribution in [1.29, 1.82) is 0 Å². The Morgan fingerprint density at radius 2 is 1.48 bits per heavy atom. The molecular formula is C28H24O14. The molecule has 1 aromatic heterocycles. The summed E-state index contributed by atoms with van der Waals surface area (Å²) in [6, 6.07) is 8.84. The Kier molecular flexibility index (Phi) is 7.30. The first kappa shape index (κ1) is 28.5. The van der Waals surface area contributed by atoms with Crippen LogP contribution < -0.4 is 5.43 Å². The maximum Gasteiger partial charge on any atom is 0.338 e. The first-order valence-corrected chi connectivity index (χ1v) is 12.3. The van der Waals surface area contributed by atoms with Gasteiger partial charge < -0.3 is 59.8 Å². The average Bonchev–Trinajstić information content (AvgIpc) is 2.94. The number of esters is 1. The summed E-state index contributed by atoms with van der Waals surface area (Å²) < 4.78 is 17.0. The molecule has 42 heavy (non-hydrogen) atoms. The summed E-state index contributed by atoms with van der Waals surface area (Å²) in [6.07, 6.45) is -8.91. The van der Waals surface area contributed by atoms with Crippen LogP contribution in [0.1, 0.15) is 22.0 Å². The minimum absolute atomic E-state index is 0.0718. The number of aliphatic hydroxyl groups is 3. The van der Waals surface area contributed by atoms with E-state index in [4.69, 9.17) is 13.9 Å². The van der Waals surface area contributed by atoms with Crippen molar-refractivity contribution < 1.29 is 64.6 Å². The molecular weight excluding hydrogens is 560 g/mol. The van der Waals surface area contributed by atoms with Crippen molar-refractivity contribution in [1.82, 2.24) is 0 Å². The van der Waals surface area contributed by atoms with Crippen LogP contribution in [0, 0.1) is 0 Å². The van der Waals surface area contributed by atoms with Crippen molar-refractivity contribution in [2.75, 3.05) is 6.61 Å². The second kappa shape index (κ2) is 10.8. The number of carbonyl (C=O) groups is 1. The number of rotatable bonds is 5. The van der Waals surface area contributed by atoms with Gasteiger partial charge in [-0.2, -0.15) is 0 Å². The van der Waals surface area contributed by atoms with Crippen molar-refractivity contribution in [3.63, 3.8) is 0 Å². The zero-order chi connectivity index (χ0) is 30.5. The predicted octanol–water partition coefficient (Wildman–Crippen LogP) is 1.07. The van der Waals surface area contributed by atoms with Crippen molar-refractivity contribution in [3.05, 3.63) is 69.9 Å². The number of aromatic hydroxyl groups is 6. The van der Waals surface area contributed by atoms with E-state index in [0.29, 0.717) is 5.56 Å². The number of hydrogen-bond donors (Lipinski definition) is 9. The monoisotopic (exact) mass is 584 g/mol. The van der Waals surface area contributed by atoms with E-state index >= 15 is 0 Å². The van der Waals surface area contributed by atoms with Crippen LogP contribution in [0.5, 0.6) is 34.5 Å². The molecule has 3 aromatic carbocycles. The molecule has 0 aliphatic carbocycles. The van der Waals surface area contributed by atoms with E-state index in [1.54, 1.807) is 0 Å². The van der Waals surface area contributed by atoms with Crippen LogP contribution in [0.25, 0.3) is 22.3 Å². The third-order valence-electron chi connectivity index (χ3n) is 6.85. The number of aliphatic hydroxyl groups excluding tert-OH is 3. The second-order valence-corrected chi connectivity index (χ2v) is 9.55. The number of hydrogen-bond acceptors (Lipinski definition) is 14. The van der Waals surface area contributed by atoms with E-state index in [9.17, 15) is 55.5 Å². The van der Waals surface area contributed by atoms with Crippen LogP contribution in [0.3, 0.4) is 0 Å². The summed E-state index contributed by atoms with van der Waals surface area (Å²) in [5.41, 5.74) is -1.80. The van der Waals surface area contributed by atoms with E-state index in [0.717, 1.165) is 24.3 Å². The van der Waals surface area contributed by atoms with Gasteiger partial charge in [-0.05, 0) is 36.4 Å². The summed E-state index contributed by atoms with van der Waals surface area (Å²) in [5, 5.41) is 91.1. The number of phenolic OH excluding ortho intramolecular Hbond substituents is 6. The topological polar surface area (TPSA) is 248 Å². The largest absolute Gasteiger partial charge is 0.508 e. The molecule has 1 aliphatic rings. The number of phenols is 6. The molecule has 0 saturated carbocycles. The van der Waals surface area contributed by atoms with Crippen LogP contribution in [0.15, 0.2) is 57.7 Å². The molecule has 1 fully saturated rings. The molecule has 0 bridgehead atoms. The molecule has 2 unspecified atom stereocenters. The Bertz CT molecular complexity index is 1700.